The second kappa shape index (κ2) is 40.7. The van der Waals surface area contributed by atoms with Gasteiger partial charge in [-0.2, -0.15) is 0 Å². The summed E-state index contributed by atoms with van der Waals surface area (Å²) in [4.78, 5) is 0. The first-order valence-corrected chi connectivity index (χ1v) is 28.4. The van der Waals surface area contributed by atoms with Gasteiger partial charge in [0.15, 0.2) is 0 Å². The van der Waals surface area contributed by atoms with Gasteiger partial charge in [0, 0.05) is 0 Å². The molecule has 4 aliphatic carbocycles. The molecule has 0 radical (unpaired) electrons. The Kier molecular flexibility index (Phi) is 39.2. The van der Waals surface area contributed by atoms with E-state index < -0.39 is 0 Å². The van der Waals surface area contributed by atoms with Crippen LogP contribution in [0.1, 0.15) is 252 Å². The van der Waals surface area contributed by atoms with Gasteiger partial charge in [0.2, 0.25) is 0 Å². The predicted molar refractivity (Wildman–Crippen MR) is 299 cm³/mol. The number of hydrogen-bond donors (Lipinski definition) is 0. The van der Waals surface area contributed by atoms with Crippen molar-refractivity contribution < 1.29 is 0 Å². The summed E-state index contributed by atoms with van der Waals surface area (Å²) in [7, 11) is 0. The molecule has 0 amide bonds. The Balaban J connectivity index is 0.000000728. The third-order valence-corrected chi connectivity index (χ3v) is 15.2. The zero-order valence-corrected chi connectivity index (χ0v) is 46.8. The van der Waals surface area contributed by atoms with Crippen molar-refractivity contribution in [2.75, 3.05) is 0 Å². The summed E-state index contributed by atoms with van der Waals surface area (Å²) in [6.45, 7) is 36.0. The molecule has 65 heavy (non-hydrogen) atoms. The van der Waals surface area contributed by atoms with Crippen LogP contribution in [0.5, 0.6) is 0 Å². The van der Waals surface area contributed by atoms with Gasteiger partial charge in [-0.3, -0.25) is 0 Å². The molecule has 0 N–H and O–H groups in total. The van der Waals surface area contributed by atoms with E-state index in [1.165, 1.54) is 162 Å². The lowest BCUT2D eigenvalue weighted by molar-refractivity contribution is 0.249. The fourth-order valence-corrected chi connectivity index (χ4v) is 10.1. The molecule has 0 spiro atoms. The third kappa shape index (κ3) is 32.1. The van der Waals surface area contributed by atoms with E-state index in [9.17, 15) is 0 Å². The van der Waals surface area contributed by atoms with E-state index in [2.05, 4.69) is 184 Å². The van der Waals surface area contributed by atoms with Crippen LogP contribution in [-0.2, 0) is 19.3 Å². The first-order valence-electron chi connectivity index (χ1n) is 28.4. The van der Waals surface area contributed by atoms with Gasteiger partial charge in [0.25, 0.3) is 0 Å². The number of aryl methyl sites for hydroxylation is 6. The zero-order chi connectivity index (χ0) is 48.8. The van der Waals surface area contributed by atoms with Crippen molar-refractivity contribution >= 4 is 0 Å². The van der Waals surface area contributed by atoms with Crippen LogP contribution in [0.2, 0.25) is 0 Å². The molecule has 6 atom stereocenters. The molecule has 0 heterocycles. The minimum Gasteiger partial charge on any atom is -0.0656 e. The summed E-state index contributed by atoms with van der Waals surface area (Å²) < 4.78 is 0. The summed E-state index contributed by atoms with van der Waals surface area (Å²) in [5, 5.41) is 0. The average Bonchev–Trinajstić information content (AvgIpc) is 3.76. The van der Waals surface area contributed by atoms with Gasteiger partial charge in [0.05, 0.1) is 0 Å². The van der Waals surface area contributed by atoms with Crippen LogP contribution in [0.4, 0.5) is 0 Å². The highest BCUT2D eigenvalue weighted by Gasteiger charge is 2.20. The Hall–Kier alpha value is -2.34. The maximum atomic E-state index is 2.41. The zero-order valence-electron chi connectivity index (χ0n) is 46.8. The quantitative estimate of drug-likeness (QED) is 0.222. The van der Waals surface area contributed by atoms with Crippen LogP contribution >= 0.6 is 0 Å². The maximum absolute atomic E-state index is 2.41. The molecule has 0 saturated heterocycles. The van der Waals surface area contributed by atoms with Crippen molar-refractivity contribution in [3.8, 4) is 0 Å². The van der Waals surface area contributed by atoms with E-state index >= 15 is 0 Å². The molecule has 4 aliphatic rings. The molecule has 4 saturated carbocycles. The monoisotopic (exact) mass is 895 g/mol. The molecule has 374 valence electrons. The number of rotatable bonds is 7. The molecule has 7 rings (SSSR count). The average molecular weight is 896 g/mol. The second-order valence-electron chi connectivity index (χ2n) is 21.4. The molecule has 3 aromatic carbocycles. The lowest BCUT2D eigenvalue weighted by Gasteiger charge is -2.27. The smallest absolute Gasteiger partial charge is 0.0305 e. The molecule has 0 nitrogen and oxygen atoms in total. The first kappa shape index (κ1) is 62.7. The SMILES string of the molecule is CCC.CCC1CCC(C)C1.CCC1CCC(C)CC1.CCC1CCCC(C)C1.CCC1CCCCC1C.CCc1ccc(C)cc1.CCc1cccc(C)c1.CCc1ccccc1C. The molecule has 0 bridgehead atoms. The fourth-order valence-electron chi connectivity index (χ4n) is 10.1. The molecule has 0 aliphatic heterocycles. The van der Waals surface area contributed by atoms with Gasteiger partial charge in [-0.1, -0.05) is 290 Å². The second-order valence-corrected chi connectivity index (χ2v) is 21.4. The Morgan fingerprint density at radius 3 is 1.32 bits per heavy atom. The lowest BCUT2D eigenvalue weighted by atomic mass is 9.79. The van der Waals surface area contributed by atoms with Crippen LogP contribution < -0.4 is 0 Å². The van der Waals surface area contributed by atoms with Crippen LogP contribution in [0.25, 0.3) is 0 Å². The number of benzene rings is 3. The van der Waals surface area contributed by atoms with E-state index in [0.29, 0.717) is 0 Å². The number of hydrogen-bond acceptors (Lipinski definition) is 0. The molecular weight excluding hydrogens is 781 g/mol. The first-order chi connectivity index (χ1) is 31.2. The van der Waals surface area contributed by atoms with Crippen molar-refractivity contribution in [2.24, 2.45) is 47.3 Å². The van der Waals surface area contributed by atoms with Crippen molar-refractivity contribution in [3.05, 3.63) is 106 Å². The molecule has 6 unspecified atom stereocenters. The normalized spacial score (nSPS) is 24.2. The van der Waals surface area contributed by atoms with E-state index in [1.54, 1.807) is 0 Å². The van der Waals surface area contributed by atoms with Crippen molar-refractivity contribution in [3.63, 3.8) is 0 Å². The maximum Gasteiger partial charge on any atom is -0.0305 e. The molecule has 3 aromatic rings. The Morgan fingerprint density at radius 2 is 0.923 bits per heavy atom. The summed E-state index contributed by atoms with van der Waals surface area (Å²) in [6.07, 6.45) is 32.7. The highest BCUT2D eigenvalue weighted by atomic mass is 14.3. The topological polar surface area (TPSA) is 0 Å². The Morgan fingerprint density at radius 1 is 0.400 bits per heavy atom. The molecule has 0 heteroatoms. The summed E-state index contributed by atoms with van der Waals surface area (Å²) in [5.74, 6) is 8.35. The van der Waals surface area contributed by atoms with Crippen LogP contribution in [0.3, 0.4) is 0 Å². The Bertz CT molecular complexity index is 1460. The van der Waals surface area contributed by atoms with E-state index in [1.807, 2.05) is 0 Å². The van der Waals surface area contributed by atoms with Crippen molar-refractivity contribution in [1.82, 2.24) is 0 Å². The minimum absolute atomic E-state index is 1.02. The summed E-state index contributed by atoms with van der Waals surface area (Å²) in [5.41, 5.74) is 8.40. The fraction of sp³-hybridized carbons (Fsp3) is 0.723. The lowest BCUT2D eigenvalue weighted by Crippen LogP contribution is -2.15. The predicted octanol–water partition coefficient (Wildman–Crippen LogP) is 21.6. The highest BCUT2D eigenvalue weighted by Crippen LogP contribution is 2.33. The van der Waals surface area contributed by atoms with Gasteiger partial charge in [-0.05, 0) is 122 Å². The van der Waals surface area contributed by atoms with Crippen molar-refractivity contribution in [2.45, 2.75) is 258 Å². The molecular formula is C65H114. The van der Waals surface area contributed by atoms with E-state index in [-0.39, 0.29) is 0 Å². The van der Waals surface area contributed by atoms with E-state index in [4.69, 9.17) is 0 Å². The van der Waals surface area contributed by atoms with E-state index in [0.717, 1.165) is 66.6 Å². The molecule has 4 fully saturated rings. The highest BCUT2D eigenvalue weighted by molar-refractivity contribution is 5.25. The summed E-state index contributed by atoms with van der Waals surface area (Å²) in [6, 6.07) is 25.8. The van der Waals surface area contributed by atoms with Gasteiger partial charge in [-0.15, -0.1) is 0 Å². The minimum atomic E-state index is 1.02. The van der Waals surface area contributed by atoms with Gasteiger partial charge in [0.1, 0.15) is 0 Å². The van der Waals surface area contributed by atoms with Crippen molar-refractivity contribution in [1.29, 1.82) is 0 Å². The van der Waals surface area contributed by atoms with Gasteiger partial charge >= 0.3 is 0 Å². The summed E-state index contributed by atoms with van der Waals surface area (Å²) >= 11 is 0. The van der Waals surface area contributed by atoms with Crippen LogP contribution in [0, 0.1) is 68.1 Å². The standard InChI is InChI=1S/C9H18.C9H12.C9H18.C9H12.C9H18.C9H12.C8H16.C3H8/c2*1-3-9-6-4-8(2)5-7-9;2*1-3-9-6-4-5-8(2)7-9;2*1-3-9-7-5-4-6-8(9)2;1-3-8-5-4-7(2)6-8;1-3-2/h8-9H,3-7H2,1-2H3;4-7H,3H2,1-2H3;8-9H,3-7H2,1-2H3;4-7H,3H2,1-2H3;8-9H,3-7H2,1-2H3;4-7H,3H2,1-2H3;7-8H,3-6H2,1-2H3;3H2,1-2H3. The Labute approximate surface area is 410 Å². The third-order valence-electron chi connectivity index (χ3n) is 15.2. The van der Waals surface area contributed by atoms with Gasteiger partial charge in [-0.25, -0.2) is 0 Å². The largest absolute Gasteiger partial charge is 0.0656 e. The van der Waals surface area contributed by atoms with Crippen LogP contribution in [-0.4, -0.2) is 0 Å². The van der Waals surface area contributed by atoms with Crippen LogP contribution in [0.15, 0.2) is 72.8 Å². The molecule has 0 aromatic heterocycles. The van der Waals surface area contributed by atoms with Gasteiger partial charge < -0.3 is 0 Å².